The molecule has 0 bridgehead atoms. The minimum atomic E-state index is 0.853. The lowest BCUT2D eigenvalue weighted by Gasteiger charge is -2.25. The molecular formula is C10H11BrN2. The molecule has 2 nitrogen and oxygen atoms in total. The van der Waals surface area contributed by atoms with Crippen molar-refractivity contribution >= 4 is 33.0 Å². The van der Waals surface area contributed by atoms with Gasteiger partial charge in [0.2, 0.25) is 0 Å². The minimum Gasteiger partial charge on any atom is -0.367 e. The molecule has 0 saturated heterocycles. The maximum Gasteiger partial charge on any atom is 0.0863 e. The molecule has 1 aliphatic rings. The third-order valence-electron chi connectivity index (χ3n) is 2.15. The summed E-state index contributed by atoms with van der Waals surface area (Å²) < 4.78 is 0. The Morgan fingerprint density at radius 1 is 1.46 bits per heavy atom. The van der Waals surface area contributed by atoms with Gasteiger partial charge < -0.3 is 4.90 Å². The maximum absolute atomic E-state index is 4.54. The van der Waals surface area contributed by atoms with Gasteiger partial charge in [0.15, 0.2) is 0 Å². The van der Waals surface area contributed by atoms with Crippen molar-refractivity contribution in [3.8, 4) is 0 Å². The maximum atomic E-state index is 4.54. The van der Waals surface area contributed by atoms with Crippen molar-refractivity contribution in [3.05, 3.63) is 24.3 Å². The lowest BCUT2D eigenvalue weighted by Crippen LogP contribution is -2.29. The Balaban J connectivity index is 2.46. The molecule has 0 aliphatic carbocycles. The van der Waals surface area contributed by atoms with E-state index in [9.17, 15) is 0 Å². The average molecular weight is 239 g/mol. The van der Waals surface area contributed by atoms with Crippen LogP contribution in [0.25, 0.3) is 0 Å². The Morgan fingerprint density at radius 2 is 2.23 bits per heavy atom. The Labute approximate surface area is 86.4 Å². The normalized spacial score (nSPS) is 15.2. The molecule has 0 unspecified atom stereocenters. The average Bonchev–Trinajstić information content (AvgIpc) is 2.18. The highest BCUT2D eigenvalue weighted by Gasteiger charge is 2.14. The van der Waals surface area contributed by atoms with E-state index in [0.717, 1.165) is 17.6 Å². The van der Waals surface area contributed by atoms with Crippen LogP contribution in [-0.4, -0.2) is 24.6 Å². The van der Waals surface area contributed by atoms with Crippen LogP contribution in [0.3, 0.4) is 0 Å². The molecule has 0 fully saturated rings. The number of alkyl halides is 1. The summed E-state index contributed by atoms with van der Waals surface area (Å²) in [5.74, 6) is 0. The van der Waals surface area contributed by atoms with Gasteiger partial charge in [0.25, 0.3) is 0 Å². The molecular weight excluding hydrogens is 228 g/mol. The molecule has 0 saturated carbocycles. The first-order valence-electron chi connectivity index (χ1n) is 4.24. The summed E-state index contributed by atoms with van der Waals surface area (Å²) in [6.45, 7) is 0.919. The van der Waals surface area contributed by atoms with Gasteiger partial charge >= 0.3 is 0 Å². The summed E-state index contributed by atoms with van der Waals surface area (Å²) in [7, 11) is 2.09. The van der Waals surface area contributed by atoms with Gasteiger partial charge in [0, 0.05) is 18.1 Å². The Bertz CT molecular complexity index is 347. The summed E-state index contributed by atoms with van der Waals surface area (Å²) in [5.41, 5.74) is 3.47. The number of benzene rings is 1. The molecule has 0 atom stereocenters. The number of anilines is 1. The fraction of sp³-hybridized carbons (Fsp3) is 0.300. The molecule has 0 spiro atoms. The number of aliphatic imine (C=N–C) groups is 1. The zero-order valence-corrected chi connectivity index (χ0v) is 9.08. The van der Waals surface area contributed by atoms with Crippen molar-refractivity contribution in [2.75, 3.05) is 23.8 Å². The standard InChI is InChI=1S/C10H11BrN2/c1-13-7-8(6-11)12-9-4-2-3-5-10(9)13/h2-5H,6-7H2,1H3. The molecule has 0 aromatic heterocycles. The Hall–Kier alpha value is -0.830. The summed E-state index contributed by atoms with van der Waals surface area (Å²) in [4.78, 5) is 6.76. The molecule has 2 rings (SSSR count). The summed E-state index contributed by atoms with van der Waals surface area (Å²) in [6, 6.07) is 8.22. The quantitative estimate of drug-likeness (QED) is 0.688. The molecule has 1 aromatic carbocycles. The topological polar surface area (TPSA) is 15.6 Å². The smallest absolute Gasteiger partial charge is 0.0863 e. The number of halogens is 1. The third-order valence-corrected chi connectivity index (χ3v) is 2.79. The fourth-order valence-electron chi connectivity index (χ4n) is 1.52. The van der Waals surface area contributed by atoms with Crippen molar-refractivity contribution in [1.82, 2.24) is 0 Å². The first kappa shape index (κ1) is 8.75. The SMILES string of the molecule is CN1CC(CBr)=Nc2ccccc21. The van der Waals surface area contributed by atoms with E-state index >= 15 is 0 Å². The first-order chi connectivity index (χ1) is 6.31. The van der Waals surface area contributed by atoms with Crippen LogP contribution in [0.1, 0.15) is 0 Å². The first-order valence-corrected chi connectivity index (χ1v) is 5.36. The van der Waals surface area contributed by atoms with Crippen molar-refractivity contribution in [3.63, 3.8) is 0 Å². The van der Waals surface area contributed by atoms with E-state index in [1.807, 2.05) is 18.2 Å². The minimum absolute atomic E-state index is 0.853. The van der Waals surface area contributed by atoms with Gasteiger partial charge in [-0.2, -0.15) is 0 Å². The highest BCUT2D eigenvalue weighted by Crippen LogP contribution is 2.30. The number of hydrogen-bond donors (Lipinski definition) is 0. The van der Waals surface area contributed by atoms with E-state index < -0.39 is 0 Å². The van der Waals surface area contributed by atoms with Crippen LogP contribution < -0.4 is 4.90 Å². The van der Waals surface area contributed by atoms with Gasteiger partial charge in [0.05, 0.1) is 17.9 Å². The number of para-hydroxylation sites is 2. The van der Waals surface area contributed by atoms with Crippen molar-refractivity contribution in [1.29, 1.82) is 0 Å². The molecule has 0 amide bonds. The van der Waals surface area contributed by atoms with E-state index in [4.69, 9.17) is 0 Å². The fourth-order valence-corrected chi connectivity index (χ4v) is 1.82. The van der Waals surface area contributed by atoms with Crippen molar-refractivity contribution in [2.24, 2.45) is 4.99 Å². The van der Waals surface area contributed by atoms with Crippen LogP contribution >= 0.6 is 15.9 Å². The van der Waals surface area contributed by atoms with Gasteiger partial charge in [0.1, 0.15) is 0 Å². The van der Waals surface area contributed by atoms with Crippen LogP contribution in [0.5, 0.6) is 0 Å². The predicted octanol–water partition coefficient (Wildman–Crippen LogP) is 2.60. The number of fused-ring (bicyclic) bond motifs is 1. The molecule has 68 valence electrons. The zero-order chi connectivity index (χ0) is 9.26. The second-order valence-corrected chi connectivity index (χ2v) is 3.72. The Morgan fingerprint density at radius 3 is 3.00 bits per heavy atom. The van der Waals surface area contributed by atoms with E-state index in [2.05, 4.69) is 38.9 Å². The van der Waals surface area contributed by atoms with E-state index in [1.165, 1.54) is 11.4 Å². The van der Waals surface area contributed by atoms with E-state index in [-0.39, 0.29) is 0 Å². The van der Waals surface area contributed by atoms with E-state index in [0.29, 0.717) is 0 Å². The van der Waals surface area contributed by atoms with Crippen molar-refractivity contribution < 1.29 is 0 Å². The Kier molecular flexibility index (Phi) is 2.36. The number of rotatable bonds is 1. The van der Waals surface area contributed by atoms with Crippen LogP contribution in [-0.2, 0) is 0 Å². The predicted molar refractivity (Wildman–Crippen MR) is 60.6 cm³/mol. The molecule has 1 aliphatic heterocycles. The molecule has 1 aromatic rings. The van der Waals surface area contributed by atoms with Crippen LogP contribution in [0.2, 0.25) is 0 Å². The lowest BCUT2D eigenvalue weighted by molar-refractivity contribution is 1.03. The van der Waals surface area contributed by atoms with Gasteiger partial charge in [-0.3, -0.25) is 4.99 Å². The van der Waals surface area contributed by atoms with Gasteiger partial charge in [-0.15, -0.1) is 0 Å². The largest absolute Gasteiger partial charge is 0.367 e. The summed E-state index contributed by atoms with van der Waals surface area (Å²) in [5, 5.41) is 0.853. The van der Waals surface area contributed by atoms with Gasteiger partial charge in [-0.05, 0) is 12.1 Å². The molecule has 1 heterocycles. The van der Waals surface area contributed by atoms with Gasteiger partial charge in [-0.1, -0.05) is 28.1 Å². The second kappa shape index (κ2) is 3.50. The van der Waals surface area contributed by atoms with Crippen LogP contribution in [0.15, 0.2) is 29.3 Å². The van der Waals surface area contributed by atoms with Crippen molar-refractivity contribution in [2.45, 2.75) is 0 Å². The highest BCUT2D eigenvalue weighted by molar-refractivity contribution is 9.09. The van der Waals surface area contributed by atoms with E-state index in [1.54, 1.807) is 0 Å². The highest BCUT2D eigenvalue weighted by atomic mass is 79.9. The third kappa shape index (κ3) is 1.61. The van der Waals surface area contributed by atoms with Crippen LogP contribution in [0.4, 0.5) is 11.4 Å². The molecule has 0 N–H and O–H groups in total. The number of nitrogens with zero attached hydrogens (tertiary/aromatic N) is 2. The summed E-state index contributed by atoms with van der Waals surface area (Å²) >= 11 is 3.43. The second-order valence-electron chi connectivity index (χ2n) is 3.16. The monoisotopic (exact) mass is 238 g/mol. The lowest BCUT2D eigenvalue weighted by atomic mass is 10.2. The van der Waals surface area contributed by atoms with Gasteiger partial charge in [-0.25, -0.2) is 0 Å². The molecule has 3 heteroatoms. The van der Waals surface area contributed by atoms with Crippen LogP contribution in [0, 0.1) is 0 Å². The zero-order valence-electron chi connectivity index (χ0n) is 7.50. The summed E-state index contributed by atoms with van der Waals surface area (Å²) in [6.07, 6.45) is 0. The molecule has 0 radical (unpaired) electrons. The number of hydrogen-bond acceptors (Lipinski definition) is 2. The molecule has 13 heavy (non-hydrogen) atoms.